The summed E-state index contributed by atoms with van der Waals surface area (Å²) in [7, 11) is 0. The SMILES string of the molecule is FC1(F)CC(NCc2ccc(Sc3ccccn3)o2)C1. The van der Waals surface area contributed by atoms with Gasteiger partial charge in [0.15, 0.2) is 5.09 Å². The van der Waals surface area contributed by atoms with Crippen LogP contribution in [0.1, 0.15) is 18.6 Å². The first-order valence-corrected chi connectivity index (χ1v) is 7.21. The maximum absolute atomic E-state index is 12.7. The zero-order chi connectivity index (χ0) is 14.0. The highest BCUT2D eigenvalue weighted by Gasteiger charge is 2.44. The Balaban J connectivity index is 1.50. The minimum absolute atomic E-state index is 0.0801. The summed E-state index contributed by atoms with van der Waals surface area (Å²) in [6, 6.07) is 9.29. The fourth-order valence-electron chi connectivity index (χ4n) is 2.07. The predicted molar refractivity (Wildman–Crippen MR) is 71.9 cm³/mol. The van der Waals surface area contributed by atoms with Crippen LogP contribution in [0, 0.1) is 0 Å². The standard InChI is InChI=1S/C14H14F2N2OS/c15-14(16)7-10(8-14)18-9-11-4-5-13(19-11)20-12-3-1-2-6-17-12/h1-6,10,18H,7-9H2. The summed E-state index contributed by atoms with van der Waals surface area (Å²) >= 11 is 1.44. The van der Waals surface area contributed by atoms with Crippen molar-refractivity contribution in [3.63, 3.8) is 0 Å². The quantitative estimate of drug-likeness (QED) is 0.912. The lowest BCUT2D eigenvalue weighted by molar-refractivity contribution is -0.0933. The average Bonchev–Trinajstić information content (AvgIpc) is 2.82. The van der Waals surface area contributed by atoms with E-state index in [0.29, 0.717) is 6.54 Å². The summed E-state index contributed by atoms with van der Waals surface area (Å²) in [6.07, 6.45) is 1.57. The Morgan fingerprint density at radius 1 is 1.30 bits per heavy atom. The number of hydrogen-bond acceptors (Lipinski definition) is 4. The van der Waals surface area contributed by atoms with E-state index < -0.39 is 5.92 Å². The van der Waals surface area contributed by atoms with Gasteiger partial charge >= 0.3 is 0 Å². The molecule has 1 fully saturated rings. The van der Waals surface area contributed by atoms with E-state index in [1.165, 1.54) is 11.8 Å². The molecule has 0 aromatic carbocycles. The topological polar surface area (TPSA) is 38.1 Å². The minimum atomic E-state index is -2.49. The zero-order valence-electron chi connectivity index (χ0n) is 10.7. The first kappa shape index (κ1) is 13.6. The van der Waals surface area contributed by atoms with Crippen LogP contribution in [0.15, 0.2) is 51.1 Å². The molecule has 1 aliphatic carbocycles. The van der Waals surface area contributed by atoms with E-state index in [0.717, 1.165) is 15.9 Å². The van der Waals surface area contributed by atoms with Crippen molar-refractivity contribution in [3.8, 4) is 0 Å². The van der Waals surface area contributed by atoms with Crippen molar-refractivity contribution >= 4 is 11.8 Å². The molecule has 0 atom stereocenters. The lowest BCUT2D eigenvalue weighted by Gasteiger charge is -2.35. The fraction of sp³-hybridized carbons (Fsp3) is 0.357. The van der Waals surface area contributed by atoms with Crippen LogP contribution in [0.25, 0.3) is 0 Å². The summed E-state index contributed by atoms with van der Waals surface area (Å²) in [5.41, 5.74) is 0. The van der Waals surface area contributed by atoms with E-state index >= 15 is 0 Å². The van der Waals surface area contributed by atoms with Crippen molar-refractivity contribution in [2.75, 3.05) is 0 Å². The zero-order valence-corrected chi connectivity index (χ0v) is 11.5. The highest BCUT2D eigenvalue weighted by atomic mass is 32.2. The summed E-state index contributed by atoms with van der Waals surface area (Å²) in [4.78, 5) is 4.20. The molecule has 0 unspecified atom stereocenters. The lowest BCUT2D eigenvalue weighted by atomic mass is 9.88. The molecular formula is C14H14F2N2OS. The summed E-state index contributed by atoms with van der Waals surface area (Å²) in [5.74, 6) is -1.74. The van der Waals surface area contributed by atoms with Crippen LogP contribution in [0.5, 0.6) is 0 Å². The molecule has 3 rings (SSSR count). The van der Waals surface area contributed by atoms with Gasteiger partial charge in [-0.1, -0.05) is 6.07 Å². The molecule has 20 heavy (non-hydrogen) atoms. The van der Waals surface area contributed by atoms with Crippen LogP contribution >= 0.6 is 11.8 Å². The molecule has 2 aromatic rings. The number of furan rings is 1. The number of halogens is 2. The molecule has 1 saturated carbocycles. The van der Waals surface area contributed by atoms with Gasteiger partial charge in [-0.3, -0.25) is 0 Å². The number of nitrogens with zero attached hydrogens (tertiary/aromatic N) is 1. The van der Waals surface area contributed by atoms with Gasteiger partial charge in [0.05, 0.1) is 6.54 Å². The first-order chi connectivity index (χ1) is 9.61. The van der Waals surface area contributed by atoms with Gasteiger partial charge in [0, 0.05) is 25.1 Å². The van der Waals surface area contributed by atoms with Crippen molar-refractivity contribution in [2.45, 2.75) is 41.5 Å². The highest BCUT2D eigenvalue weighted by molar-refractivity contribution is 7.99. The van der Waals surface area contributed by atoms with Gasteiger partial charge in [-0.15, -0.1) is 0 Å². The van der Waals surface area contributed by atoms with E-state index in [4.69, 9.17) is 4.42 Å². The van der Waals surface area contributed by atoms with Gasteiger partial charge in [-0.05, 0) is 36.0 Å². The second-order valence-corrected chi connectivity index (χ2v) is 5.86. The van der Waals surface area contributed by atoms with Gasteiger partial charge in [0.1, 0.15) is 10.8 Å². The Hall–Kier alpha value is -1.40. The van der Waals surface area contributed by atoms with Crippen LogP contribution in [0.3, 0.4) is 0 Å². The largest absolute Gasteiger partial charge is 0.453 e. The van der Waals surface area contributed by atoms with E-state index in [9.17, 15) is 8.78 Å². The molecule has 3 nitrogen and oxygen atoms in total. The monoisotopic (exact) mass is 296 g/mol. The molecule has 6 heteroatoms. The second-order valence-electron chi connectivity index (χ2n) is 4.83. The number of pyridine rings is 1. The van der Waals surface area contributed by atoms with E-state index in [1.54, 1.807) is 6.20 Å². The van der Waals surface area contributed by atoms with Gasteiger partial charge in [0.25, 0.3) is 5.92 Å². The van der Waals surface area contributed by atoms with Gasteiger partial charge in [-0.2, -0.15) is 0 Å². The third-order valence-electron chi connectivity index (χ3n) is 3.13. The van der Waals surface area contributed by atoms with Crippen LogP contribution in [-0.4, -0.2) is 16.9 Å². The maximum Gasteiger partial charge on any atom is 0.251 e. The minimum Gasteiger partial charge on any atom is -0.453 e. The van der Waals surface area contributed by atoms with Gasteiger partial charge in [0.2, 0.25) is 0 Å². The van der Waals surface area contributed by atoms with Crippen molar-refractivity contribution in [1.29, 1.82) is 0 Å². The summed E-state index contributed by atoms with van der Waals surface area (Å²) in [6.45, 7) is 0.476. The summed E-state index contributed by atoms with van der Waals surface area (Å²) < 4.78 is 31.0. The molecular weight excluding hydrogens is 282 g/mol. The number of rotatable bonds is 5. The second kappa shape index (κ2) is 5.54. The molecule has 1 aliphatic rings. The normalized spacial score (nSPS) is 17.9. The van der Waals surface area contributed by atoms with Crippen LogP contribution < -0.4 is 5.32 Å². The number of aromatic nitrogens is 1. The smallest absolute Gasteiger partial charge is 0.251 e. The number of hydrogen-bond donors (Lipinski definition) is 1. The molecule has 0 spiro atoms. The summed E-state index contributed by atoms with van der Waals surface area (Å²) in [5, 5.41) is 4.68. The lowest BCUT2D eigenvalue weighted by Crippen LogP contribution is -2.48. The molecule has 0 bridgehead atoms. The molecule has 0 amide bonds. The molecule has 0 aliphatic heterocycles. The Morgan fingerprint density at radius 3 is 2.85 bits per heavy atom. The maximum atomic E-state index is 12.7. The Kier molecular flexibility index (Phi) is 3.76. The fourth-order valence-corrected chi connectivity index (χ4v) is 2.82. The average molecular weight is 296 g/mol. The molecule has 2 aromatic heterocycles. The first-order valence-electron chi connectivity index (χ1n) is 6.40. The van der Waals surface area contributed by atoms with Gasteiger partial charge in [-0.25, -0.2) is 13.8 Å². The number of nitrogens with one attached hydrogen (secondary N) is 1. The predicted octanol–water partition coefficient (Wildman–Crippen LogP) is 3.71. The Labute approximate surface area is 119 Å². The Bertz CT molecular complexity index is 566. The van der Waals surface area contributed by atoms with Crippen LogP contribution in [0.2, 0.25) is 0 Å². The molecule has 1 N–H and O–H groups in total. The molecule has 0 saturated heterocycles. The highest BCUT2D eigenvalue weighted by Crippen LogP contribution is 2.37. The van der Waals surface area contributed by atoms with E-state index in [2.05, 4.69) is 10.3 Å². The van der Waals surface area contributed by atoms with Crippen molar-refractivity contribution in [2.24, 2.45) is 0 Å². The van der Waals surface area contributed by atoms with Crippen LogP contribution in [0.4, 0.5) is 8.78 Å². The molecule has 2 heterocycles. The van der Waals surface area contributed by atoms with Crippen molar-refractivity contribution in [1.82, 2.24) is 10.3 Å². The van der Waals surface area contributed by atoms with Crippen LogP contribution in [-0.2, 0) is 6.54 Å². The third kappa shape index (κ3) is 3.37. The molecule has 0 radical (unpaired) electrons. The van der Waals surface area contributed by atoms with Crippen molar-refractivity contribution in [3.05, 3.63) is 42.3 Å². The Morgan fingerprint density at radius 2 is 2.15 bits per heavy atom. The van der Waals surface area contributed by atoms with E-state index in [1.807, 2.05) is 30.3 Å². The number of alkyl halides is 2. The molecule has 106 valence electrons. The van der Waals surface area contributed by atoms with E-state index in [-0.39, 0.29) is 18.9 Å². The van der Waals surface area contributed by atoms with Crippen molar-refractivity contribution < 1.29 is 13.2 Å². The third-order valence-corrected chi connectivity index (χ3v) is 4.01. The van der Waals surface area contributed by atoms with Gasteiger partial charge < -0.3 is 9.73 Å².